The Hall–Kier alpha value is -1.72. The van der Waals surface area contributed by atoms with Crippen molar-refractivity contribution in [3.8, 4) is 11.5 Å². The lowest BCUT2D eigenvalue weighted by atomic mass is 9.91. The van der Waals surface area contributed by atoms with Crippen LogP contribution in [0.15, 0.2) is 22.6 Å². The van der Waals surface area contributed by atoms with Crippen LogP contribution in [0.4, 0.5) is 0 Å². The van der Waals surface area contributed by atoms with Crippen molar-refractivity contribution in [1.29, 1.82) is 0 Å². The molecule has 2 aromatic rings. The number of likely N-dealkylation sites (tertiary alicyclic amines) is 1. The topological polar surface area (TPSA) is 62.4 Å². The normalized spacial score (nSPS) is 19.4. The first-order valence-electron chi connectivity index (χ1n) is 8.79. The van der Waals surface area contributed by atoms with Gasteiger partial charge in [0.25, 0.3) is 0 Å². The Labute approximate surface area is 143 Å². The van der Waals surface area contributed by atoms with Crippen LogP contribution in [0.3, 0.4) is 0 Å². The molecule has 1 fully saturated rings. The van der Waals surface area contributed by atoms with Crippen molar-refractivity contribution in [1.82, 2.24) is 15.1 Å². The lowest BCUT2D eigenvalue weighted by Crippen LogP contribution is -2.38. The van der Waals surface area contributed by atoms with Crippen molar-refractivity contribution < 1.29 is 9.52 Å². The quantitative estimate of drug-likeness (QED) is 0.930. The van der Waals surface area contributed by atoms with Crippen LogP contribution in [-0.4, -0.2) is 39.4 Å². The lowest BCUT2D eigenvalue weighted by molar-refractivity contribution is 0.0538. The molecule has 5 nitrogen and oxygen atoms in total. The molecule has 1 N–H and O–H groups in total. The number of aliphatic hydroxyl groups is 1. The summed E-state index contributed by atoms with van der Waals surface area (Å²) in [7, 11) is 0. The van der Waals surface area contributed by atoms with E-state index in [4.69, 9.17) is 4.42 Å². The molecule has 0 bridgehead atoms. The van der Waals surface area contributed by atoms with E-state index in [9.17, 15) is 5.11 Å². The summed E-state index contributed by atoms with van der Waals surface area (Å²) in [6.45, 7) is 10.1. The van der Waals surface area contributed by atoms with Gasteiger partial charge in [0, 0.05) is 5.56 Å². The molecule has 3 rings (SSSR count). The van der Waals surface area contributed by atoms with Crippen LogP contribution < -0.4 is 0 Å². The monoisotopic (exact) mass is 329 g/mol. The maximum Gasteiger partial charge on any atom is 0.247 e. The van der Waals surface area contributed by atoms with E-state index in [2.05, 4.69) is 48.0 Å². The third-order valence-electron chi connectivity index (χ3n) is 5.36. The SMILES string of the molecule is Cc1ccc(-c2nnc(C(C)N3CCC(C(C)O)CC3)o2)cc1C. The van der Waals surface area contributed by atoms with Gasteiger partial charge in [0.05, 0.1) is 12.1 Å². The third kappa shape index (κ3) is 3.52. The van der Waals surface area contributed by atoms with Crippen molar-refractivity contribution in [2.45, 2.75) is 52.7 Å². The van der Waals surface area contributed by atoms with E-state index >= 15 is 0 Å². The van der Waals surface area contributed by atoms with Crippen molar-refractivity contribution in [3.63, 3.8) is 0 Å². The molecular formula is C19H27N3O2. The first-order valence-corrected chi connectivity index (χ1v) is 8.79. The minimum atomic E-state index is -0.220. The van der Waals surface area contributed by atoms with Gasteiger partial charge >= 0.3 is 0 Å². The highest BCUT2D eigenvalue weighted by molar-refractivity contribution is 5.55. The molecular weight excluding hydrogens is 302 g/mol. The van der Waals surface area contributed by atoms with E-state index in [1.165, 1.54) is 11.1 Å². The van der Waals surface area contributed by atoms with Crippen molar-refractivity contribution in [2.75, 3.05) is 13.1 Å². The van der Waals surface area contributed by atoms with E-state index < -0.39 is 0 Å². The molecule has 0 spiro atoms. The predicted molar refractivity (Wildman–Crippen MR) is 93.6 cm³/mol. The fourth-order valence-corrected chi connectivity index (χ4v) is 3.34. The summed E-state index contributed by atoms with van der Waals surface area (Å²) in [5.41, 5.74) is 3.45. The van der Waals surface area contributed by atoms with Gasteiger partial charge < -0.3 is 9.52 Å². The van der Waals surface area contributed by atoms with E-state index in [1.807, 2.05) is 13.0 Å². The second kappa shape index (κ2) is 7.03. The zero-order chi connectivity index (χ0) is 17.3. The number of aryl methyl sites for hydroxylation is 2. The van der Waals surface area contributed by atoms with Gasteiger partial charge in [-0.1, -0.05) is 6.07 Å². The van der Waals surface area contributed by atoms with E-state index in [-0.39, 0.29) is 12.1 Å². The number of benzene rings is 1. The van der Waals surface area contributed by atoms with Crippen LogP contribution in [0.5, 0.6) is 0 Å². The van der Waals surface area contributed by atoms with Gasteiger partial charge in [-0.15, -0.1) is 10.2 Å². The summed E-state index contributed by atoms with van der Waals surface area (Å²) in [6, 6.07) is 6.30. The highest BCUT2D eigenvalue weighted by Crippen LogP contribution is 2.29. The average molecular weight is 329 g/mol. The number of aliphatic hydroxyl groups excluding tert-OH is 1. The van der Waals surface area contributed by atoms with Gasteiger partial charge in [-0.25, -0.2) is 0 Å². The van der Waals surface area contributed by atoms with E-state index in [1.54, 1.807) is 0 Å². The van der Waals surface area contributed by atoms with Crippen LogP contribution in [0, 0.1) is 19.8 Å². The summed E-state index contributed by atoms with van der Waals surface area (Å²) in [5.74, 6) is 1.65. The molecule has 1 saturated heterocycles. The van der Waals surface area contributed by atoms with Gasteiger partial charge in [-0.05, 0) is 82.8 Å². The summed E-state index contributed by atoms with van der Waals surface area (Å²) in [4.78, 5) is 2.36. The average Bonchev–Trinajstić information content (AvgIpc) is 3.07. The zero-order valence-electron chi connectivity index (χ0n) is 15.0. The van der Waals surface area contributed by atoms with Gasteiger partial charge in [-0.2, -0.15) is 0 Å². The molecule has 1 aliphatic rings. The van der Waals surface area contributed by atoms with Gasteiger partial charge in [-0.3, -0.25) is 4.90 Å². The Kier molecular flexibility index (Phi) is 5.01. The molecule has 5 heteroatoms. The summed E-state index contributed by atoms with van der Waals surface area (Å²) in [6.07, 6.45) is 1.81. The molecule has 24 heavy (non-hydrogen) atoms. The molecule has 0 radical (unpaired) electrons. The maximum atomic E-state index is 9.73. The molecule has 1 aromatic carbocycles. The first kappa shape index (κ1) is 17.1. The zero-order valence-corrected chi connectivity index (χ0v) is 15.0. The predicted octanol–water partition coefficient (Wildman–Crippen LogP) is 3.51. The van der Waals surface area contributed by atoms with Crippen LogP contribution in [-0.2, 0) is 0 Å². The Morgan fingerprint density at radius 3 is 2.46 bits per heavy atom. The highest BCUT2D eigenvalue weighted by Gasteiger charge is 2.28. The molecule has 1 aliphatic heterocycles. The molecule has 0 saturated carbocycles. The second-order valence-electron chi connectivity index (χ2n) is 7.03. The van der Waals surface area contributed by atoms with Gasteiger partial charge in [0.1, 0.15) is 0 Å². The fourth-order valence-electron chi connectivity index (χ4n) is 3.34. The summed E-state index contributed by atoms with van der Waals surface area (Å²) in [5, 5.41) is 18.2. The van der Waals surface area contributed by atoms with Crippen LogP contribution in [0.2, 0.25) is 0 Å². The molecule has 2 atom stereocenters. The molecule has 1 aromatic heterocycles. The Bertz CT molecular complexity index is 688. The van der Waals surface area contributed by atoms with Crippen LogP contribution in [0.1, 0.15) is 49.7 Å². The number of hydrogen-bond acceptors (Lipinski definition) is 5. The second-order valence-corrected chi connectivity index (χ2v) is 7.03. The van der Waals surface area contributed by atoms with Gasteiger partial charge in [0.15, 0.2) is 0 Å². The Morgan fingerprint density at radius 1 is 1.12 bits per heavy atom. The van der Waals surface area contributed by atoms with Crippen molar-refractivity contribution in [2.24, 2.45) is 5.92 Å². The smallest absolute Gasteiger partial charge is 0.247 e. The molecule has 0 aliphatic carbocycles. The summed E-state index contributed by atoms with van der Waals surface area (Å²) >= 11 is 0. The number of aromatic nitrogens is 2. The third-order valence-corrected chi connectivity index (χ3v) is 5.36. The van der Waals surface area contributed by atoms with Crippen molar-refractivity contribution >= 4 is 0 Å². The minimum absolute atomic E-state index is 0.104. The van der Waals surface area contributed by atoms with Crippen molar-refractivity contribution in [3.05, 3.63) is 35.2 Å². The number of hydrogen-bond donors (Lipinski definition) is 1. The number of rotatable bonds is 4. The molecule has 2 unspecified atom stereocenters. The summed E-state index contributed by atoms with van der Waals surface area (Å²) < 4.78 is 5.94. The Balaban J connectivity index is 1.70. The molecule has 0 amide bonds. The fraction of sp³-hybridized carbons (Fsp3) is 0.579. The van der Waals surface area contributed by atoms with Crippen LogP contribution >= 0.6 is 0 Å². The van der Waals surface area contributed by atoms with E-state index in [0.717, 1.165) is 31.5 Å². The Morgan fingerprint density at radius 2 is 1.83 bits per heavy atom. The minimum Gasteiger partial charge on any atom is -0.419 e. The standard InChI is InChI=1S/C19H27N3O2/c1-12-5-6-17(11-13(12)2)19-21-20-18(24-19)14(3)22-9-7-16(8-10-22)15(4)23/h5-6,11,14-16,23H,7-10H2,1-4H3. The highest BCUT2D eigenvalue weighted by atomic mass is 16.4. The maximum absolute atomic E-state index is 9.73. The first-order chi connectivity index (χ1) is 11.5. The molecule has 2 heterocycles. The largest absolute Gasteiger partial charge is 0.419 e. The van der Waals surface area contributed by atoms with E-state index in [0.29, 0.717) is 17.7 Å². The van der Waals surface area contributed by atoms with Crippen LogP contribution in [0.25, 0.3) is 11.5 Å². The number of nitrogens with zero attached hydrogens (tertiary/aromatic N) is 3. The number of piperidine rings is 1. The molecule has 130 valence electrons. The van der Waals surface area contributed by atoms with Gasteiger partial charge in [0.2, 0.25) is 11.8 Å². The lowest BCUT2D eigenvalue weighted by Gasteiger charge is -2.35.